The van der Waals surface area contributed by atoms with Gasteiger partial charge in [0.05, 0.1) is 13.7 Å². The Hall–Kier alpha value is -3.09. The number of likely N-dealkylation sites (tertiary alicyclic amines) is 1. The fourth-order valence-electron chi connectivity index (χ4n) is 2.98. The molecule has 6 nitrogen and oxygen atoms in total. The van der Waals surface area contributed by atoms with Gasteiger partial charge < -0.3 is 19.1 Å². The van der Waals surface area contributed by atoms with Crippen molar-refractivity contribution in [3.05, 3.63) is 60.4 Å². The third-order valence-corrected chi connectivity index (χ3v) is 4.29. The summed E-state index contributed by atoms with van der Waals surface area (Å²) in [7, 11) is 1.26. The van der Waals surface area contributed by atoms with Crippen molar-refractivity contribution in [2.75, 3.05) is 20.3 Å². The molecular weight excluding hydrogens is 353 g/mol. The molecule has 2 atom stereocenters. The van der Waals surface area contributed by atoms with Gasteiger partial charge in [-0.2, -0.15) is 0 Å². The molecule has 0 spiro atoms. The second-order valence-electron chi connectivity index (χ2n) is 6.09. The van der Waals surface area contributed by atoms with Crippen LogP contribution in [0.3, 0.4) is 0 Å². The Kier molecular flexibility index (Phi) is 5.90. The van der Waals surface area contributed by atoms with Crippen LogP contribution in [0.2, 0.25) is 0 Å². The number of carbonyl (C=O) groups is 2. The van der Waals surface area contributed by atoms with E-state index < -0.39 is 23.9 Å². The van der Waals surface area contributed by atoms with E-state index in [0.29, 0.717) is 5.75 Å². The van der Waals surface area contributed by atoms with E-state index in [-0.39, 0.29) is 31.2 Å². The predicted octanol–water partition coefficient (Wildman–Crippen LogP) is 2.43. The Morgan fingerprint density at radius 3 is 2.52 bits per heavy atom. The third kappa shape index (κ3) is 4.55. The topological polar surface area (TPSA) is 65.1 Å². The lowest BCUT2D eigenvalue weighted by Gasteiger charge is -2.22. The summed E-state index contributed by atoms with van der Waals surface area (Å²) in [5, 5.41) is 0. The Morgan fingerprint density at radius 1 is 1.11 bits per heavy atom. The largest absolute Gasteiger partial charge is 0.485 e. The van der Waals surface area contributed by atoms with Crippen molar-refractivity contribution in [1.82, 2.24) is 4.90 Å². The number of halogens is 1. The number of benzene rings is 2. The third-order valence-electron chi connectivity index (χ3n) is 4.29. The summed E-state index contributed by atoms with van der Waals surface area (Å²) < 4.78 is 29.7. The zero-order valence-electron chi connectivity index (χ0n) is 14.8. The maximum atomic E-state index is 13.8. The Bertz CT molecular complexity index is 798. The molecule has 0 radical (unpaired) electrons. The molecular formula is C20H20FNO5. The summed E-state index contributed by atoms with van der Waals surface area (Å²) in [5.74, 6) is -0.763. The van der Waals surface area contributed by atoms with Gasteiger partial charge in [-0.1, -0.05) is 30.3 Å². The number of rotatable bonds is 6. The molecule has 2 aromatic carbocycles. The van der Waals surface area contributed by atoms with Crippen LogP contribution in [-0.4, -0.2) is 49.2 Å². The van der Waals surface area contributed by atoms with Crippen LogP contribution < -0.4 is 9.47 Å². The molecule has 0 N–H and O–H groups in total. The van der Waals surface area contributed by atoms with E-state index >= 15 is 0 Å². The standard InChI is InChI=1S/C20H20FNO5/c1-25-20(24)17-11-15(27-18-10-6-5-9-16(18)21)12-22(17)19(23)13-26-14-7-3-2-4-8-14/h2-10,15,17H,11-13H2,1H3. The lowest BCUT2D eigenvalue weighted by atomic mass is 10.2. The van der Waals surface area contributed by atoms with E-state index in [2.05, 4.69) is 0 Å². The number of carbonyl (C=O) groups excluding carboxylic acids is 2. The quantitative estimate of drug-likeness (QED) is 0.728. The summed E-state index contributed by atoms with van der Waals surface area (Å²) in [6.45, 7) is -0.0744. The van der Waals surface area contributed by atoms with Crippen LogP contribution in [0.5, 0.6) is 11.5 Å². The van der Waals surface area contributed by atoms with Crippen molar-refractivity contribution in [1.29, 1.82) is 0 Å². The van der Waals surface area contributed by atoms with Crippen molar-refractivity contribution in [3.8, 4) is 11.5 Å². The molecule has 0 aromatic heterocycles. The number of para-hydroxylation sites is 2. The molecule has 2 aromatic rings. The number of esters is 1. The number of methoxy groups -OCH3 is 1. The summed E-state index contributed by atoms with van der Waals surface area (Å²) in [6, 6.07) is 14.1. The fourth-order valence-corrected chi connectivity index (χ4v) is 2.98. The minimum Gasteiger partial charge on any atom is -0.485 e. The molecule has 2 unspecified atom stereocenters. The van der Waals surface area contributed by atoms with E-state index in [4.69, 9.17) is 14.2 Å². The smallest absolute Gasteiger partial charge is 0.328 e. The van der Waals surface area contributed by atoms with Crippen molar-refractivity contribution in [3.63, 3.8) is 0 Å². The molecule has 3 rings (SSSR count). The van der Waals surface area contributed by atoms with Gasteiger partial charge in [-0.25, -0.2) is 9.18 Å². The van der Waals surface area contributed by atoms with Crippen LogP contribution in [0.25, 0.3) is 0 Å². The number of nitrogens with zero attached hydrogens (tertiary/aromatic N) is 1. The van der Waals surface area contributed by atoms with Crippen molar-refractivity contribution < 1.29 is 28.2 Å². The fraction of sp³-hybridized carbons (Fsp3) is 0.300. The Labute approximate surface area is 156 Å². The molecule has 1 aliphatic rings. The molecule has 7 heteroatoms. The first-order valence-corrected chi connectivity index (χ1v) is 8.55. The summed E-state index contributed by atoms with van der Waals surface area (Å²) >= 11 is 0. The van der Waals surface area contributed by atoms with Crippen molar-refractivity contribution >= 4 is 11.9 Å². The highest BCUT2D eigenvalue weighted by Gasteiger charge is 2.41. The van der Waals surface area contributed by atoms with Gasteiger partial charge in [0.2, 0.25) is 0 Å². The van der Waals surface area contributed by atoms with Gasteiger partial charge in [-0.05, 0) is 24.3 Å². The molecule has 1 aliphatic heterocycles. The van der Waals surface area contributed by atoms with Gasteiger partial charge in [0.25, 0.3) is 5.91 Å². The van der Waals surface area contributed by atoms with Gasteiger partial charge >= 0.3 is 5.97 Å². The molecule has 0 aliphatic carbocycles. The van der Waals surface area contributed by atoms with E-state index in [1.807, 2.05) is 6.07 Å². The summed E-state index contributed by atoms with van der Waals surface area (Å²) in [4.78, 5) is 26.0. The van der Waals surface area contributed by atoms with Crippen molar-refractivity contribution in [2.45, 2.75) is 18.6 Å². The first-order valence-electron chi connectivity index (χ1n) is 8.55. The number of ether oxygens (including phenoxy) is 3. The van der Waals surface area contributed by atoms with Crippen LogP contribution in [0, 0.1) is 5.82 Å². The molecule has 1 heterocycles. The maximum Gasteiger partial charge on any atom is 0.328 e. The van der Waals surface area contributed by atoms with Crippen LogP contribution in [0.1, 0.15) is 6.42 Å². The molecule has 1 saturated heterocycles. The average Bonchev–Trinajstić information content (AvgIpc) is 3.12. The zero-order valence-corrected chi connectivity index (χ0v) is 14.8. The predicted molar refractivity (Wildman–Crippen MR) is 94.9 cm³/mol. The van der Waals surface area contributed by atoms with E-state index in [0.717, 1.165) is 0 Å². The van der Waals surface area contributed by atoms with Gasteiger partial charge in [-0.3, -0.25) is 4.79 Å². The minimum absolute atomic E-state index is 0.0842. The van der Waals surface area contributed by atoms with Crippen LogP contribution in [-0.2, 0) is 14.3 Å². The molecule has 1 amide bonds. The minimum atomic E-state index is -0.793. The highest BCUT2D eigenvalue weighted by molar-refractivity contribution is 5.86. The van der Waals surface area contributed by atoms with Crippen LogP contribution >= 0.6 is 0 Å². The number of hydrogen-bond donors (Lipinski definition) is 0. The van der Waals surface area contributed by atoms with Gasteiger partial charge in [0.1, 0.15) is 17.9 Å². The highest BCUT2D eigenvalue weighted by atomic mass is 19.1. The molecule has 142 valence electrons. The Balaban J connectivity index is 1.67. The van der Waals surface area contributed by atoms with E-state index in [1.165, 1.54) is 24.1 Å². The van der Waals surface area contributed by atoms with E-state index in [1.54, 1.807) is 36.4 Å². The van der Waals surface area contributed by atoms with Crippen molar-refractivity contribution in [2.24, 2.45) is 0 Å². The lowest BCUT2D eigenvalue weighted by Crippen LogP contribution is -2.43. The SMILES string of the molecule is COC(=O)C1CC(Oc2ccccc2F)CN1C(=O)COc1ccccc1. The Morgan fingerprint density at radius 2 is 1.81 bits per heavy atom. The monoisotopic (exact) mass is 373 g/mol. The summed E-state index contributed by atoms with van der Waals surface area (Å²) in [6.07, 6.45) is -0.301. The second kappa shape index (κ2) is 8.53. The number of hydrogen-bond acceptors (Lipinski definition) is 5. The molecule has 0 bridgehead atoms. The van der Waals surface area contributed by atoms with Crippen LogP contribution in [0.4, 0.5) is 4.39 Å². The van der Waals surface area contributed by atoms with Gasteiger partial charge in [0.15, 0.2) is 18.2 Å². The van der Waals surface area contributed by atoms with Gasteiger partial charge in [-0.15, -0.1) is 0 Å². The first kappa shape index (κ1) is 18.7. The summed E-state index contributed by atoms with van der Waals surface area (Å²) in [5.41, 5.74) is 0. The molecule has 0 saturated carbocycles. The second-order valence-corrected chi connectivity index (χ2v) is 6.09. The average molecular weight is 373 g/mol. The normalized spacial score (nSPS) is 18.8. The highest BCUT2D eigenvalue weighted by Crippen LogP contribution is 2.26. The first-order chi connectivity index (χ1) is 13.1. The lowest BCUT2D eigenvalue weighted by molar-refractivity contribution is -0.151. The zero-order chi connectivity index (χ0) is 19.2. The van der Waals surface area contributed by atoms with Crippen LogP contribution in [0.15, 0.2) is 54.6 Å². The van der Waals surface area contributed by atoms with E-state index in [9.17, 15) is 14.0 Å². The maximum absolute atomic E-state index is 13.8. The van der Waals surface area contributed by atoms with Gasteiger partial charge in [0, 0.05) is 6.42 Å². The molecule has 27 heavy (non-hydrogen) atoms. The number of amides is 1. The molecule has 1 fully saturated rings.